The van der Waals surface area contributed by atoms with E-state index in [-0.39, 0.29) is 5.56 Å². The number of nitrogens with zero attached hydrogens (tertiary/aromatic N) is 1. The summed E-state index contributed by atoms with van der Waals surface area (Å²) in [6.45, 7) is 4.45. The maximum absolute atomic E-state index is 11.2. The molecule has 0 aliphatic rings. The van der Waals surface area contributed by atoms with Gasteiger partial charge in [-0.2, -0.15) is 0 Å². The highest BCUT2D eigenvalue weighted by Gasteiger charge is 2.14. The van der Waals surface area contributed by atoms with Crippen molar-refractivity contribution in [2.24, 2.45) is 0 Å². The van der Waals surface area contributed by atoms with E-state index in [9.17, 15) is 9.90 Å². The standard InChI is InChI=1S/C21H21NO5/c1-3-25-19-13-16(9-10-17(19)21(23)24)26-12-11-18-14(2)27-20(22-18)15-7-5-4-6-8-15/h4-10,13H,3,11-12H2,1-2H3,(H,23,24). The van der Waals surface area contributed by atoms with Crippen molar-refractivity contribution in [3.8, 4) is 23.0 Å². The summed E-state index contributed by atoms with van der Waals surface area (Å²) in [7, 11) is 0. The van der Waals surface area contributed by atoms with Crippen LogP contribution in [0.5, 0.6) is 11.5 Å². The zero-order chi connectivity index (χ0) is 19.2. The average Bonchev–Trinajstić information content (AvgIpc) is 3.03. The summed E-state index contributed by atoms with van der Waals surface area (Å²) in [5, 5.41) is 9.20. The van der Waals surface area contributed by atoms with Crippen LogP contribution in [-0.4, -0.2) is 29.3 Å². The molecule has 0 amide bonds. The molecular formula is C21H21NO5. The van der Waals surface area contributed by atoms with Crippen molar-refractivity contribution in [3.05, 3.63) is 65.5 Å². The van der Waals surface area contributed by atoms with Crippen LogP contribution in [0.3, 0.4) is 0 Å². The van der Waals surface area contributed by atoms with Gasteiger partial charge in [0, 0.05) is 18.1 Å². The fraction of sp³-hybridized carbons (Fsp3) is 0.238. The van der Waals surface area contributed by atoms with Gasteiger partial charge in [0.15, 0.2) is 0 Å². The minimum Gasteiger partial charge on any atom is -0.493 e. The lowest BCUT2D eigenvalue weighted by atomic mass is 10.2. The second kappa shape index (κ2) is 8.40. The molecule has 27 heavy (non-hydrogen) atoms. The van der Waals surface area contributed by atoms with Gasteiger partial charge in [0.05, 0.1) is 18.9 Å². The molecule has 0 saturated heterocycles. The van der Waals surface area contributed by atoms with Crippen LogP contribution in [0.1, 0.15) is 28.7 Å². The highest BCUT2D eigenvalue weighted by Crippen LogP contribution is 2.26. The van der Waals surface area contributed by atoms with Gasteiger partial charge in [-0.3, -0.25) is 0 Å². The van der Waals surface area contributed by atoms with Gasteiger partial charge >= 0.3 is 5.97 Å². The Morgan fingerprint density at radius 3 is 2.63 bits per heavy atom. The first kappa shape index (κ1) is 18.5. The second-order valence-electron chi connectivity index (χ2n) is 5.88. The van der Waals surface area contributed by atoms with Crippen molar-refractivity contribution in [2.75, 3.05) is 13.2 Å². The lowest BCUT2D eigenvalue weighted by molar-refractivity contribution is 0.0692. The van der Waals surface area contributed by atoms with Crippen molar-refractivity contribution >= 4 is 5.97 Å². The number of carbonyl (C=O) groups is 1. The maximum atomic E-state index is 11.2. The monoisotopic (exact) mass is 367 g/mol. The van der Waals surface area contributed by atoms with Crippen LogP contribution < -0.4 is 9.47 Å². The Hall–Kier alpha value is -3.28. The van der Waals surface area contributed by atoms with Crippen LogP contribution in [0.4, 0.5) is 0 Å². The van der Waals surface area contributed by atoms with E-state index >= 15 is 0 Å². The van der Waals surface area contributed by atoms with Gasteiger partial charge < -0.3 is 19.0 Å². The summed E-state index contributed by atoms with van der Waals surface area (Å²) in [6, 6.07) is 14.4. The SMILES string of the molecule is CCOc1cc(OCCc2nc(-c3ccccc3)oc2C)ccc1C(=O)O. The third-order valence-electron chi connectivity index (χ3n) is 4.00. The summed E-state index contributed by atoms with van der Waals surface area (Å²) >= 11 is 0. The number of ether oxygens (including phenoxy) is 2. The highest BCUT2D eigenvalue weighted by atomic mass is 16.5. The minimum absolute atomic E-state index is 0.115. The minimum atomic E-state index is -1.03. The van der Waals surface area contributed by atoms with Gasteiger partial charge in [-0.1, -0.05) is 18.2 Å². The third kappa shape index (κ3) is 4.47. The van der Waals surface area contributed by atoms with Gasteiger partial charge in [-0.05, 0) is 38.1 Å². The Bertz CT molecular complexity index is 918. The summed E-state index contributed by atoms with van der Waals surface area (Å²) < 4.78 is 16.9. The van der Waals surface area contributed by atoms with Gasteiger partial charge in [-0.15, -0.1) is 0 Å². The van der Waals surface area contributed by atoms with Crippen LogP contribution in [-0.2, 0) is 6.42 Å². The molecule has 2 aromatic carbocycles. The van der Waals surface area contributed by atoms with Crippen LogP contribution in [0, 0.1) is 6.92 Å². The lowest BCUT2D eigenvalue weighted by Gasteiger charge is -2.10. The number of aromatic carboxylic acids is 1. The fourth-order valence-corrected chi connectivity index (χ4v) is 2.67. The molecule has 0 bridgehead atoms. The molecule has 0 unspecified atom stereocenters. The number of oxazole rings is 1. The quantitative estimate of drug-likeness (QED) is 0.637. The summed E-state index contributed by atoms with van der Waals surface area (Å²) in [4.78, 5) is 15.8. The Morgan fingerprint density at radius 2 is 1.93 bits per heavy atom. The number of rotatable bonds is 8. The molecule has 140 valence electrons. The van der Waals surface area contributed by atoms with Gasteiger partial charge in [-0.25, -0.2) is 9.78 Å². The van der Waals surface area contributed by atoms with E-state index in [1.807, 2.05) is 37.3 Å². The van der Waals surface area contributed by atoms with Gasteiger partial charge in [0.1, 0.15) is 22.8 Å². The van der Waals surface area contributed by atoms with E-state index in [0.717, 1.165) is 17.0 Å². The summed E-state index contributed by atoms with van der Waals surface area (Å²) in [6.07, 6.45) is 0.576. The van der Waals surface area contributed by atoms with Crippen molar-refractivity contribution in [3.63, 3.8) is 0 Å². The number of aryl methyl sites for hydroxylation is 1. The first-order valence-corrected chi connectivity index (χ1v) is 8.73. The Morgan fingerprint density at radius 1 is 1.15 bits per heavy atom. The van der Waals surface area contributed by atoms with Crippen LogP contribution >= 0.6 is 0 Å². The van der Waals surface area contributed by atoms with Crippen LogP contribution in [0.15, 0.2) is 52.9 Å². The largest absolute Gasteiger partial charge is 0.493 e. The average molecular weight is 367 g/mol. The van der Waals surface area contributed by atoms with Crippen molar-refractivity contribution in [1.29, 1.82) is 0 Å². The molecule has 0 atom stereocenters. The van der Waals surface area contributed by atoms with Crippen LogP contribution in [0.2, 0.25) is 0 Å². The summed E-state index contributed by atoms with van der Waals surface area (Å²) in [5.74, 6) is 1.16. The fourth-order valence-electron chi connectivity index (χ4n) is 2.67. The number of hydrogen-bond acceptors (Lipinski definition) is 5. The molecule has 6 nitrogen and oxygen atoms in total. The van der Waals surface area contributed by atoms with E-state index in [0.29, 0.717) is 37.0 Å². The molecule has 3 rings (SSSR count). The number of carboxylic acid groups (broad SMARTS) is 1. The molecule has 0 fully saturated rings. The van der Waals surface area contributed by atoms with E-state index < -0.39 is 5.97 Å². The van der Waals surface area contributed by atoms with Gasteiger partial charge in [0.25, 0.3) is 0 Å². The molecule has 0 radical (unpaired) electrons. The second-order valence-corrected chi connectivity index (χ2v) is 5.88. The smallest absolute Gasteiger partial charge is 0.339 e. The first-order chi connectivity index (χ1) is 13.1. The molecule has 3 aromatic rings. The zero-order valence-corrected chi connectivity index (χ0v) is 15.3. The van der Waals surface area contributed by atoms with Crippen molar-refractivity contribution in [1.82, 2.24) is 4.98 Å². The lowest BCUT2D eigenvalue weighted by Crippen LogP contribution is -2.06. The molecule has 0 aliphatic carbocycles. The molecule has 1 aromatic heterocycles. The molecule has 0 spiro atoms. The van der Waals surface area contributed by atoms with E-state index in [1.54, 1.807) is 19.1 Å². The topological polar surface area (TPSA) is 81.8 Å². The first-order valence-electron chi connectivity index (χ1n) is 8.73. The Kier molecular flexibility index (Phi) is 5.76. The predicted octanol–water partition coefficient (Wildman–Crippen LogP) is 4.37. The van der Waals surface area contributed by atoms with Crippen LogP contribution in [0.25, 0.3) is 11.5 Å². The van der Waals surface area contributed by atoms with E-state index in [1.165, 1.54) is 6.07 Å². The third-order valence-corrected chi connectivity index (χ3v) is 4.00. The maximum Gasteiger partial charge on any atom is 0.339 e. The number of benzene rings is 2. The number of hydrogen-bond donors (Lipinski definition) is 1. The van der Waals surface area contributed by atoms with E-state index in [4.69, 9.17) is 13.9 Å². The summed E-state index contributed by atoms with van der Waals surface area (Å²) in [5.41, 5.74) is 1.88. The number of carboxylic acids is 1. The predicted molar refractivity (Wildman–Crippen MR) is 100 cm³/mol. The molecule has 0 saturated carbocycles. The molecule has 0 aliphatic heterocycles. The highest BCUT2D eigenvalue weighted by molar-refractivity contribution is 5.91. The Labute approximate surface area is 157 Å². The van der Waals surface area contributed by atoms with Crippen molar-refractivity contribution in [2.45, 2.75) is 20.3 Å². The zero-order valence-electron chi connectivity index (χ0n) is 15.3. The normalized spacial score (nSPS) is 10.6. The van der Waals surface area contributed by atoms with Gasteiger partial charge in [0.2, 0.25) is 5.89 Å². The molecule has 6 heteroatoms. The van der Waals surface area contributed by atoms with E-state index in [2.05, 4.69) is 4.98 Å². The molecular weight excluding hydrogens is 346 g/mol. The number of aromatic nitrogens is 1. The molecule has 1 N–H and O–H groups in total. The van der Waals surface area contributed by atoms with Crippen molar-refractivity contribution < 1.29 is 23.8 Å². The molecule has 1 heterocycles. The Balaban J connectivity index is 1.66.